The maximum Gasteiger partial charge on any atom is 0.325 e. The molecule has 0 radical (unpaired) electrons. The quantitative estimate of drug-likeness (QED) is 0.606. The van der Waals surface area contributed by atoms with Gasteiger partial charge in [0.1, 0.15) is 5.75 Å². The molecule has 1 N–H and O–H groups in total. The number of carbonyl (C=O) groups excluding carboxylic acids is 1. The van der Waals surface area contributed by atoms with Crippen molar-refractivity contribution >= 4 is 5.97 Å². The van der Waals surface area contributed by atoms with Crippen molar-refractivity contribution in [3.05, 3.63) is 29.3 Å². The van der Waals surface area contributed by atoms with Crippen LogP contribution < -0.4 is 4.74 Å². The first-order chi connectivity index (χ1) is 11.9. The van der Waals surface area contributed by atoms with Crippen LogP contribution in [0.15, 0.2) is 18.2 Å². The molecule has 0 bridgehead atoms. The van der Waals surface area contributed by atoms with Crippen LogP contribution in [-0.2, 0) is 4.79 Å². The summed E-state index contributed by atoms with van der Waals surface area (Å²) in [5, 5.41) is 9.01. The van der Waals surface area contributed by atoms with Crippen LogP contribution in [0.1, 0.15) is 50.7 Å². The lowest BCUT2D eigenvalue weighted by molar-refractivity contribution is -0.136. The van der Waals surface area contributed by atoms with Gasteiger partial charge >= 0.3 is 5.97 Å². The Balaban J connectivity index is 2.01. The van der Waals surface area contributed by atoms with Gasteiger partial charge in [0.2, 0.25) is 0 Å². The lowest BCUT2D eigenvalue weighted by Gasteiger charge is -2.33. The maximum absolute atomic E-state index is 12.5. The summed E-state index contributed by atoms with van der Waals surface area (Å²) in [6, 6.07) is 6.14. The van der Waals surface area contributed by atoms with Crippen molar-refractivity contribution in [1.29, 1.82) is 0 Å². The molecule has 1 aliphatic heterocycles. The molecule has 0 amide bonds. The molecule has 1 aliphatic rings. The third-order valence-electron chi connectivity index (χ3n) is 4.77. The number of β-amino-alcohol motifs (C(OH)–C–C–N with tert-alkyl or cyclic N) is 1. The Kier molecular flexibility index (Phi) is 7.41. The van der Waals surface area contributed by atoms with E-state index >= 15 is 0 Å². The highest BCUT2D eigenvalue weighted by Crippen LogP contribution is 2.34. The molecular formula is C20H32N2O3. The first-order valence-electron chi connectivity index (χ1n) is 9.31. The van der Waals surface area contributed by atoms with Gasteiger partial charge in [-0.25, -0.2) is 0 Å². The first kappa shape index (κ1) is 19.9. The van der Waals surface area contributed by atoms with Gasteiger partial charge in [0, 0.05) is 32.7 Å². The van der Waals surface area contributed by atoms with Crippen LogP contribution >= 0.6 is 0 Å². The Morgan fingerprint density at radius 3 is 2.04 bits per heavy atom. The smallest absolute Gasteiger partial charge is 0.325 e. The number of hydrogen-bond donors (Lipinski definition) is 1. The molecule has 0 atom stereocenters. The molecule has 5 heteroatoms. The molecule has 0 aliphatic carbocycles. The summed E-state index contributed by atoms with van der Waals surface area (Å²) in [4.78, 5) is 16.9. The van der Waals surface area contributed by atoms with Gasteiger partial charge in [0.15, 0.2) is 0 Å². The number of nitrogens with zero attached hydrogens (tertiary/aromatic N) is 2. The first-order valence-corrected chi connectivity index (χ1v) is 9.31. The Morgan fingerprint density at radius 1 is 1.04 bits per heavy atom. The topological polar surface area (TPSA) is 53.0 Å². The SMILES string of the molecule is CC(C)c1cccc(C(C)C)c1OC(=O)CN1CCN(CCO)CC1. The molecule has 5 nitrogen and oxygen atoms in total. The number of benzene rings is 1. The molecule has 0 unspecified atom stereocenters. The minimum absolute atomic E-state index is 0.187. The molecule has 2 rings (SSSR count). The second-order valence-electron chi connectivity index (χ2n) is 7.39. The van der Waals surface area contributed by atoms with Crippen LogP contribution in [0.5, 0.6) is 5.75 Å². The van der Waals surface area contributed by atoms with Crippen molar-refractivity contribution in [3.8, 4) is 5.75 Å². The molecule has 1 aromatic rings. The molecule has 1 heterocycles. The van der Waals surface area contributed by atoms with Gasteiger partial charge in [0.05, 0.1) is 13.2 Å². The Bertz CT molecular complexity index is 538. The predicted molar refractivity (Wildman–Crippen MR) is 100 cm³/mol. The monoisotopic (exact) mass is 348 g/mol. The molecule has 0 aromatic heterocycles. The van der Waals surface area contributed by atoms with E-state index in [1.807, 2.05) is 18.2 Å². The lowest BCUT2D eigenvalue weighted by Crippen LogP contribution is -2.49. The zero-order chi connectivity index (χ0) is 18.4. The van der Waals surface area contributed by atoms with E-state index in [0.29, 0.717) is 24.9 Å². The van der Waals surface area contributed by atoms with Gasteiger partial charge in [0.25, 0.3) is 0 Å². The normalized spacial score (nSPS) is 16.6. The average molecular weight is 348 g/mol. The van der Waals surface area contributed by atoms with Gasteiger partial charge < -0.3 is 9.84 Å². The Morgan fingerprint density at radius 2 is 1.56 bits per heavy atom. The van der Waals surface area contributed by atoms with Crippen molar-refractivity contribution < 1.29 is 14.6 Å². The number of aliphatic hydroxyl groups excluding tert-OH is 1. The van der Waals surface area contributed by atoms with Crippen LogP contribution in [0.4, 0.5) is 0 Å². The number of ether oxygens (including phenoxy) is 1. The van der Waals surface area contributed by atoms with E-state index in [0.717, 1.165) is 43.1 Å². The summed E-state index contributed by atoms with van der Waals surface area (Å²) in [6.45, 7) is 13.1. The number of piperazine rings is 1. The molecule has 1 saturated heterocycles. The summed E-state index contributed by atoms with van der Waals surface area (Å²) in [7, 11) is 0. The number of hydrogen-bond acceptors (Lipinski definition) is 5. The van der Waals surface area contributed by atoms with Gasteiger partial charge in [-0.2, -0.15) is 0 Å². The zero-order valence-corrected chi connectivity index (χ0v) is 16.0. The minimum atomic E-state index is -0.189. The Hall–Kier alpha value is -1.43. The third-order valence-corrected chi connectivity index (χ3v) is 4.77. The van der Waals surface area contributed by atoms with Crippen LogP contribution in [0, 0.1) is 0 Å². The van der Waals surface area contributed by atoms with Crippen LogP contribution in [0.3, 0.4) is 0 Å². The van der Waals surface area contributed by atoms with E-state index < -0.39 is 0 Å². The highest BCUT2D eigenvalue weighted by Gasteiger charge is 2.22. The predicted octanol–water partition coefficient (Wildman–Crippen LogP) is 2.45. The fraction of sp³-hybridized carbons (Fsp3) is 0.650. The summed E-state index contributed by atoms with van der Waals surface area (Å²) >= 11 is 0. The molecule has 0 saturated carbocycles. The van der Waals surface area contributed by atoms with Crippen molar-refractivity contribution in [2.45, 2.75) is 39.5 Å². The van der Waals surface area contributed by atoms with Gasteiger partial charge in [-0.1, -0.05) is 45.9 Å². The Labute approximate surface area is 151 Å². The fourth-order valence-electron chi connectivity index (χ4n) is 3.24. The second-order valence-corrected chi connectivity index (χ2v) is 7.39. The minimum Gasteiger partial charge on any atom is -0.425 e. The van der Waals surface area contributed by atoms with Crippen LogP contribution in [-0.4, -0.2) is 66.8 Å². The summed E-state index contributed by atoms with van der Waals surface area (Å²) in [6.07, 6.45) is 0. The molecular weight excluding hydrogens is 316 g/mol. The molecule has 140 valence electrons. The van der Waals surface area contributed by atoms with E-state index in [1.54, 1.807) is 0 Å². The number of esters is 1. The van der Waals surface area contributed by atoms with Crippen molar-refractivity contribution in [2.75, 3.05) is 45.9 Å². The fourth-order valence-corrected chi connectivity index (χ4v) is 3.24. The number of carbonyl (C=O) groups is 1. The van der Waals surface area contributed by atoms with Crippen LogP contribution in [0.25, 0.3) is 0 Å². The lowest BCUT2D eigenvalue weighted by atomic mass is 9.94. The maximum atomic E-state index is 12.5. The largest absolute Gasteiger partial charge is 0.425 e. The molecule has 1 fully saturated rings. The number of rotatable bonds is 7. The average Bonchev–Trinajstić information content (AvgIpc) is 2.56. The number of aliphatic hydroxyl groups is 1. The molecule has 25 heavy (non-hydrogen) atoms. The van der Waals surface area contributed by atoms with E-state index in [4.69, 9.17) is 9.84 Å². The zero-order valence-electron chi connectivity index (χ0n) is 16.0. The molecule has 0 spiro atoms. The van der Waals surface area contributed by atoms with Crippen molar-refractivity contribution in [1.82, 2.24) is 9.80 Å². The van der Waals surface area contributed by atoms with Crippen molar-refractivity contribution in [3.63, 3.8) is 0 Å². The van der Waals surface area contributed by atoms with E-state index in [1.165, 1.54) is 0 Å². The van der Waals surface area contributed by atoms with Gasteiger partial charge in [-0.3, -0.25) is 14.6 Å². The van der Waals surface area contributed by atoms with Crippen LogP contribution in [0.2, 0.25) is 0 Å². The summed E-state index contributed by atoms with van der Waals surface area (Å²) in [5.41, 5.74) is 2.18. The third kappa shape index (κ3) is 5.53. The highest BCUT2D eigenvalue weighted by atomic mass is 16.5. The van der Waals surface area contributed by atoms with Gasteiger partial charge in [-0.15, -0.1) is 0 Å². The highest BCUT2D eigenvalue weighted by molar-refractivity contribution is 5.75. The van der Waals surface area contributed by atoms with Crippen molar-refractivity contribution in [2.24, 2.45) is 0 Å². The van der Waals surface area contributed by atoms with Gasteiger partial charge in [-0.05, 0) is 23.0 Å². The second kappa shape index (κ2) is 9.32. The number of para-hydroxylation sites is 1. The van der Waals surface area contributed by atoms with E-state index in [9.17, 15) is 4.79 Å². The summed E-state index contributed by atoms with van der Waals surface area (Å²) in [5.74, 6) is 1.18. The standard InChI is InChI=1S/C20H32N2O3/c1-15(2)17-6-5-7-18(16(3)4)20(17)25-19(24)14-22-10-8-21(9-11-22)12-13-23/h5-7,15-16,23H,8-14H2,1-4H3. The van der Waals surface area contributed by atoms with E-state index in [-0.39, 0.29) is 12.6 Å². The molecule has 1 aromatic carbocycles. The summed E-state index contributed by atoms with van der Waals surface area (Å²) < 4.78 is 5.84. The van der Waals surface area contributed by atoms with E-state index in [2.05, 4.69) is 37.5 Å².